The Bertz CT molecular complexity index is 587. The van der Waals surface area contributed by atoms with Crippen LogP contribution >= 0.6 is 0 Å². The van der Waals surface area contributed by atoms with E-state index in [0.717, 1.165) is 25.0 Å². The van der Waals surface area contributed by atoms with E-state index in [9.17, 15) is 13.2 Å². The maximum absolute atomic E-state index is 12.6. The molecule has 0 atom stereocenters. The molecule has 1 aromatic rings. The normalized spacial score (nSPS) is 13.4. The molecule has 0 unspecified atom stereocenters. The topological polar surface area (TPSA) is 33.6 Å². The number of nitrogens with one attached hydrogen (secondary N) is 1. The molecule has 0 aliphatic heterocycles. The summed E-state index contributed by atoms with van der Waals surface area (Å²) >= 11 is 0. The van der Waals surface area contributed by atoms with E-state index in [4.69, 9.17) is 4.74 Å². The van der Waals surface area contributed by atoms with Crippen LogP contribution in [0.4, 0.5) is 18.9 Å². The molecule has 1 N–H and O–H groups in total. The molecular formula is C18H23F3N2O. The van der Waals surface area contributed by atoms with Gasteiger partial charge >= 0.3 is 6.18 Å². The van der Waals surface area contributed by atoms with Crippen LogP contribution in [0.25, 0.3) is 0 Å². The Morgan fingerprint density at radius 3 is 2.38 bits per heavy atom. The first kappa shape index (κ1) is 19.8. The van der Waals surface area contributed by atoms with Crippen molar-refractivity contribution in [1.29, 1.82) is 0 Å². The van der Waals surface area contributed by atoms with E-state index in [1.807, 2.05) is 26.8 Å². The molecule has 0 fully saturated rings. The van der Waals surface area contributed by atoms with Crippen LogP contribution in [-0.2, 0) is 10.9 Å². The van der Waals surface area contributed by atoms with Crippen LogP contribution in [0.1, 0.15) is 39.2 Å². The Kier molecular flexibility index (Phi) is 8.09. The summed E-state index contributed by atoms with van der Waals surface area (Å²) in [6, 6.07) is 4.86. The molecule has 0 aromatic heterocycles. The molecule has 1 rings (SSSR count). The number of halogens is 3. The number of aliphatic imine (C=N–C) groups is 1. The quantitative estimate of drug-likeness (QED) is 0.505. The summed E-state index contributed by atoms with van der Waals surface area (Å²) in [7, 11) is 0. The summed E-state index contributed by atoms with van der Waals surface area (Å²) < 4.78 is 43.5. The number of alkyl halides is 3. The van der Waals surface area contributed by atoms with Crippen molar-refractivity contribution in [1.82, 2.24) is 0 Å². The minimum Gasteiger partial charge on any atom is -0.476 e. The number of benzene rings is 1. The average Bonchev–Trinajstić information content (AvgIpc) is 2.54. The molecule has 0 saturated heterocycles. The molecular weight excluding hydrogens is 317 g/mol. The summed E-state index contributed by atoms with van der Waals surface area (Å²) in [6.07, 6.45) is 2.49. The molecule has 0 heterocycles. The standard InChI is InChI=1S/C18H23F3N2O/c1-4-7-16(17(22-12-5-2)24-13-6-3)23-15-10-8-14(9-11-15)18(19,20)21/h5,7-12,23H,4,6,13H2,1-3H3/b12-5-,16-7-,22-17+. The number of anilines is 1. The van der Waals surface area contributed by atoms with Crippen molar-refractivity contribution in [2.75, 3.05) is 11.9 Å². The van der Waals surface area contributed by atoms with Crippen molar-refractivity contribution < 1.29 is 17.9 Å². The van der Waals surface area contributed by atoms with E-state index >= 15 is 0 Å². The Morgan fingerprint density at radius 2 is 1.88 bits per heavy atom. The first-order valence-electron chi connectivity index (χ1n) is 7.88. The van der Waals surface area contributed by atoms with Crippen LogP contribution in [0, 0.1) is 0 Å². The fourth-order valence-corrected chi connectivity index (χ4v) is 1.82. The van der Waals surface area contributed by atoms with E-state index in [1.54, 1.807) is 12.3 Å². The number of ether oxygens (including phenoxy) is 1. The third kappa shape index (κ3) is 6.48. The molecule has 0 spiro atoms. The summed E-state index contributed by atoms with van der Waals surface area (Å²) in [6.45, 7) is 6.29. The van der Waals surface area contributed by atoms with E-state index < -0.39 is 11.7 Å². The predicted octanol–water partition coefficient (Wildman–Crippen LogP) is 5.77. The van der Waals surface area contributed by atoms with Gasteiger partial charge in [0.15, 0.2) is 0 Å². The smallest absolute Gasteiger partial charge is 0.416 e. The highest BCUT2D eigenvalue weighted by Crippen LogP contribution is 2.30. The third-order valence-electron chi connectivity index (χ3n) is 2.91. The molecule has 0 radical (unpaired) electrons. The molecule has 0 saturated carbocycles. The van der Waals surface area contributed by atoms with Crippen molar-refractivity contribution in [3.63, 3.8) is 0 Å². The SMILES string of the molecule is C\C=C/N=C(OCCC)\C(=C\CC)Nc1ccc(C(F)(F)F)cc1. The first-order valence-corrected chi connectivity index (χ1v) is 7.88. The van der Waals surface area contributed by atoms with Crippen molar-refractivity contribution in [2.24, 2.45) is 4.99 Å². The van der Waals surface area contributed by atoms with Gasteiger partial charge in [0, 0.05) is 11.9 Å². The molecule has 3 nitrogen and oxygen atoms in total. The lowest BCUT2D eigenvalue weighted by molar-refractivity contribution is -0.137. The maximum Gasteiger partial charge on any atom is 0.416 e. The highest BCUT2D eigenvalue weighted by Gasteiger charge is 2.29. The fraction of sp³-hybridized carbons (Fsp3) is 0.389. The summed E-state index contributed by atoms with van der Waals surface area (Å²) in [5.74, 6) is 0.414. The Hall–Kier alpha value is -2.24. The van der Waals surface area contributed by atoms with Gasteiger partial charge < -0.3 is 10.1 Å². The van der Waals surface area contributed by atoms with Crippen LogP contribution in [0.3, 0.4) is 0 Å². The predicted molar refractivity (Wildman–Crippen MR) is 91.9 cm³/mol. The molecule has 24 heavy (non-hydrogen) atoms. The Balaban J connectivity index is 3.01. The summed E-state index contributed by atoms with van der Waals surface area (Å²) in [5, 5.41) is 3.08. The van der Waals surface area contributed by atoms with Crippen molar-refractivity contribution in [3.05, 3.63) is 53.9 Å². The Labute approximate surface area is 140 Å². The van der Waals surface area contributed by atoms with Gasteiger partial charge in [-0.2, -0.15) is 13.2 Å². The molecule has 0 bridgehead atoms. The summed E-state index contributed by atoms with van der Waals surface area (Å²) in [4.78, 5) is 4.25. The van der Waals surface area contributed by atoms with Gasteiger partial charge in [0.05, 0.1) is 17.9 Å². The van der Waals surface area contributed by atoms with Gasteiger partial charge in [0.1, 0.15) is 0 Å². The van der Waals surface area contributed by atoms with Crippen LogP contribution in [-0.4, -0.2) is 12.5 Å². The Morgan fingerprint density at radius 1 is 1.21 bits per heavy atom. The van der Waals surface area contributed by atoms with Crippen LogP contribution < -0.4 is 5.32 Å². The largest absolute Gasteiger partial charge is 0.476 e. The van der Waals surface area contributed by atoms with Crippen LogP contribution in [0.5, 0.6) is 0 Å². The second kappa shape index (κ2) is 9.80. The van der Waals surface area contributed by atoms with Crippen molar-refractivity contribution in [2.45, 2.75) is 39.8 Å². The molecule has 0 amide bonds. The van der Waals surface area contributed by atoms with E-state index in [-0.39, 0.29) is 0 Å². The van der Waals surface area contributed by atoms with Gasteiger partial charge in [-0.3, -0.25) is 0 Å². The average molecular weight is 340 g/mol. The van der Waals surface area contributed by atoms with Crippen LogP contribution in [0.2, 0.25) is 0 Å². The van der Waals surface area contributed by atoms with Gasteiger partial charge in [-0.1, -0.05) is 26.0 Å². The van der Waals surface area contributed by atoms with E-state index in [0.29, 0.717) is 23.9 Å². The van der Waals surface area contributed by atoms with Crippen molar-refractivity contribution in [3.8, 4) is 0 Å². The highest BCUT2D eigenvalue weighted by molar-refractivity contribution is 5.96. The van der Waals surface area contributed by atoms with Gasteiger partial charge in [0.2, 0.25) is 5.90 Å². The van der Waals surface area contributed by atoms with Crippen molar-refractivity contribution >= 4 is 11.6 Å². The zero-order valence-electron chi connectivity index (χ0n) is 14.2. The van der Waals surface area contributed by atoms with E-state index in [1.165, 1.54) is 12.1 Å². The molecule has 1 aromatic carbocycles. The number of rotatable bonds is 7. The maximum atomic E-state index is 12.6. The van der Waals surface area contributed by atoms with Gasteiger partial charge in [-0.15, -0.1) is 0 Å². The second-order valence-electron chi connectivity index (χ2n) is 4.99. The second-order valence-corrected chi connectivity index (χ2v) is 4.99. The number of hydrogen-bond donors (Lipinski definition) is 1. The lowest BCUT2D eigenvalue weighted by Gasteiger charge is -2.15. The van der Waals surface area contributed by atoms with Gasteiger partial charge in [-0.25, -0.2) is 4.99 Å². The minimum absolute atomic E-state index is 0.414. The first-order chi connectivity index (χ1) is 11.4. The van der Waals surface area contributed by atoms with Gasteiger partial charge in [-0.05, 0) is 44.0 Å². The molecule has 132 valence electrons. The molecule has 0 aliphatic carbocycles. The fourth-order valence-electron chi connectivity index (χ4n) is 1.82. The zero-order chi connectivity index (χ0) is 18.0. The van der Waals surface area contributed by atoms with Gasteiger partial charge in [0.25, 0.3) is 0 Å². The van der Waals surface area contributed by atoms with E-state index in [2.05, 4.69) is 10.3 Å². The lowest BCUT2D eigenvalue weighted by atomic mass is 10.2. The molecule has 6 heteroatoms. The number of hydrogen-bond acceptors (Lipinski definition) is 3. The lowest BCUT2D eigenvalue weighted by Crippen LogP contribution is -2.16. The third-order valence-corrected chi connectivity index (χ3v) is 2.91. The number of allylic oxidation sites excluding steroid dienone is 2. The molecule has 0 aliphatic rings. The minimum atomic E-state index is -4.34. The highest BCUT2D eigenvalue weighted by atomic mass is 19.4. The van der Waals surface area contributed by atoms with Crippen LogP contribution in [0.15, 0.2) is 53.3 Å². The number of nitrogens with zero attached hydrogens (tertiary/aromatic N) is 1. The monoisotopic (exact) mass is 340 g/mol. The zero-order valence-corrected chi connectivity index (χ0v) is 14.2. The summed E-state index contributed by atoms with van der Waals surface area (Å²) in [5.41, 5.74) is 0.485.